The number of fused-ring (bicyclic) bond motifs is 1. The van der Waals surface area contributed by atoms with Gasteiger partial charge in [-0.3, -0.25) is 11.1 Å². The number of hydrogen-bond acceptors (Lipinski definition) is 5. The van der Waals surface area contributed by atoms with Crippen LogP contribution in [-0.4, -0.2) is 26.3 Å². The normalized spacial score (nSPS) is 16.4. The third-order valence-corrected chi connectivity index (χ3v) is 7.32. The van der Waals surface area contributed by atoms with Crippen LogP contribution in [0.5, 0.6) is 5.75 Å². The highest BCUT2D eigenvalue weighted by Gasteiger charge is 2.43. The van der Waals surface area contributed by atoms with Gasteiger partial charge in [-0.1, -0.05) is 75.6 Å². The molecule has 3 aromatic carbocycles. The molecule has 1 unspecified atom stereocenters. The highest BCUT2D eigenvalue weighted by molar-refractivity contribution is 5.91. The van der Waals surface area contributed by atoms with E-state index in [0.717, 1.165) is 40.9 Å². The summed E-state index contributed by atoms with van der Waals surface area (Å²) in [7, 11) is 1.62. The van der Waals surface area contributed by atoms with E-state index in [9.17, 15) is 13.2 Å². The summed E-state index contributed by atoms with van der Waals surface area (Å²) in [4.78, 5) is 2.22. The Hall–Kier alpha value is -3.78. The molecule has 3 N–H and O–H groups in total. The van der Waals surface area contributed by atoms with Crippen LogP contribution in [0.4, 0.5) is 18.9 Å². The van der Waals surface area contributed by atoms with Crippen molar-refractivity contribution in [1.82, 2.24) is 0 Å². The average Bonchev–Trinajstić information content (AvgIpc) is 3.24. The number of nitrogens with two attached hydrogens (primary N) is 1. The third-order valence-electron chi connectivity index (χ3n) is 7.32. The molecule has 43 heavy (non-hydrogen) atoms. The number of unbranched alkanes of at least 4 members (excludes halogenated alkanes) is 2. The van der Waals surface area contributed by atoms with Crippen molar-refractivity contribution in [2.24, 2.45) is 5.73 Å². The largest absolute Gasteiger partial charge is 0.497 e. The molecule has 1 aliphatic rings. The van der Waals surface area contributed by atoms with Gasteiger partial charge in [0.2, 0.25) is 5.90 Å². The first-order chi connectivity index (χ1) is 20.5. The summed E-state index contributed by atoms with van der Waals surface area (Å²) in [6.07, 6.45) is 2.27. The molecule has 8 heteroatoms. The first-order valence-electron chi connectivity index (χ1n) is 14.8. The van der Waals surface area contributed by atoms with Crippen molar-refractivity contribution in [2.45, 2.75) is 71.9 Å². The SMILES string of the molecule is C/C=C1\N(CC)c2ccc(OC)cc2C1(C)Cc1cccc(C(F)(F)F)c1.CCCCC.N=C(OCN)c1ccccc1. The van der Waals surface area contributed by atoms with Crippen LogP contribution in [0, 0.1) is 5.41 Å². The molecular weight excluding hydrogens is 551 g/mol. The molecule has 1 atom stereocenters. The van der Waals surface area contributed by atoms with Crippen LogP contribution in [0.25, 0.3) is 0 Å². The lowest BCUT2D eigenvalue weighted by molar-refractivity contribution is -0.137. The molecule has 0 amide bonds. The minimum Gasteiger partial charge on any atom is -0.497 e. The van der Waals surface area contributed by atoms with Crippen LogP contribution in [-0.2, 0) is 22.7 Å². The molecule has 1 heterocycles. The van der Waals surface area contributed by atoms with Crippen molar-refractivity contribution in [2.75, 3.05) is 25.3 Å². The predicted molar refractivity (Wildman–Crippen MR) is 171 cm³/mol. The summed E-state index contributed by atoms with van der Waals surface area (Å²) in [5, 5.41) is 7.33. The van der Waals surface area contributed by atoms with E-state index in [1.54, 1.807) is 25.3 Å². The molecule has 0 fully saturated rings. The zero-order chi connectivity index (χ0) is 32.0. The summed E-state index contributed by atoms with van der Waals surface area (Å²) in [5.41, 5.74) is 8.74. The van der Waals surface area contributed by atoms with Crippen LogP contribution in [0.3, 0.4) is 0 Å². The highest BCUT2D eigenvalue weighted by Crippen LogP contribution is 2.50. The van der Waals surface area contributed by atoms with Crippen LogP contribution in [0.2, 0.25) is 0 Å². The smallest absolute Gasteiger partial charge is 0.416 e. The molecule has 1 aliphatic heterocycles. The van der Waals surface area contributed by atoms with Gasteiger partial charge in [-0.05, 0) is 74.7 Å². The van der Waals surface area contributed by atoms with Gasteiger partial charge in [0.15, 0.2) is 0 Å². The maximum absolute atomic E-state index is 13.1. The molecule has 0 spiro atoms. The Labute approximate surface area is 255 Å². The van der Waals surface area contributed by atoms with Gasteiger partial charge in [0, 0.05) is 28.9 Å². The number of halogens is 3. The molecular formula is C35H46F3N3O2. The highest BCUT2D eigenvalue weighted by atomic mass is 19.4. The first-order valence-corrected chi connectivity index (χ1v) is 14.8. The van der Waals surface area contributed by atoms with Crippen molar-refractivity contribution < 1.29 is 22.6 Å². The second-order valence-electron chi connectivity index (χ2n) is 10.4. The monoisotopic (exact) mass is 597 g/mol. The number of anilines is 1. The molecule has 0 bridgehead atoms. The zero-order valence-electron chi connectivity index (χ0n) is 26.2. The van der Waals surface area contributed by atoms with E-state index in [1.807, 2.05) is 43.3 Å². The summed E-state index contributed by atoms with van der Waals surface area (Å²) < 4.78 is 49.6. The van der Waals surface area contributed by atoms with Crippen molar-refractivity contribution in [3.05, 3.63) is 107 Å². The van der Waals surface area contributed by atoms with Crippen LogP contribution in [0.15, 0.2) is 84.6 Å². The van der Waals surface area contributed by atoms with E-state index in [4.69, 9.17) is 20.6 Å². The van der Waals surface area contributed by atoms with Gasteiger partial charge < -0.3 is 14.4 Å². The lowest BCUT2D eigenvalue weighted by Crippen LogP contribution is -2.30. The number of likely N-dealkylation sites (N-methyl/N-ethyl adjacent to an activating group) is 1. The van der Waals surface area contributed by atoms with E-state index in [2.05, 4.69) is 38.7 Å². The second-order valence-corrected chi connectivity index (χ2v) is 10.4. The van der Waals surface area contributed by atoms with Crippen LogP contribution in [0.1, 0.15) is 76.1 Å². The fourth-order valence-corrected chi connectivity index (χ4v) is 5.26. The lowest BCUT2D eigenvalue weighted by atomic mass is 9.76. The lowest BCUT2D eigenvalue weighted by Gasteiger charge is -2.30. The summed E-state index contributed by atoms with van der Waals surface area (Å²) >= 11 is 0. The van der Waals surface area contributed by atoms with E-state index in [-0.39, 0.29) is 12.6 Å². The number of methoxy groups -OCH3 is 1. The second kappa shape index (κ2) is 16.8. The summed E-state index contributed by atoms with van der Waals surface area (Å²) in [6, 6.07) is 20.8. The number of allylic oxidation sites excluding steroid dienone is 2. The van der Waals surface area contributed by atoms with Gasteiger partial charge in [0.25, 0.3) is 0 Å². The van der Waals surface area contributed by atoms with Gasteiger partial charge in [-0.2, -0.15) is 13.2 Å². The minimum absolute atomic E-state index is 0.0493. The van der Waals surface area contributed by atoms with Gasteiger partial charge >= 0.3 is 6.18 Å². The molecule has 5 nitrogen and oxygen atoms in total. The Morgan fingerprint density at radius 2 is 1.65 bits per heavy atom. The molecule has 0 radical (unpaired) electrons. The van der Waals surface area contributed by atoms with Crippen LogP contribution >= 0.6 is 0 Å². The van der Waals surface area contributed by atoms with Crippen molar-refractivity contribution in [3.63, 3.8) is 0 Å². The molecule has 234 valence electrons. The van der Waals surface area contributed by atoms with E-state index < -0.39 is 17.2 Å². The maximum Gasteiger partial charge on any atom is 0.416 e. The zero-order valence-corrected chi connectivity index (χ0v) is 26.2. The number of nitrogens with zero attached hydrogens (tertiary/aromatic N) is 1. The van der Waals surface area contributed by atoms with Gasteiger partial charge in [-0.25, -0.2) is 0 Å². The number of rotatable bonds is 8. The molecule has 3 aromatic rings. The van der Waals surface area contributed by atoms with E-state index >= 15 is 0 Å². The Balaban J connectivity index is 0.000000332. The molecule has 0 aromatic heterocycles. The standard InChI is InChI=1S/C22H24F3NO.C8H10N2O.C5H12/c1-5-20-21(3,14-15-8-7-9-16(12-15)22(23,24)25)18-13-17(27-4)10-11-19(18)26(20)6-2;9-6-11-8(10)7-4-2-1-3-5-7;1-3-5-4-2/h5,7-13H,6,14H2,1-4H3;1-5,10H,6,9H2;3-5H2,1-2H3/b20-5-;;. The summed E-state index contributed by atoms with van der Waals surface area (Å²) in [6.45, 7) is 11.4. The Morgan fingerprint density at radius 3 is 2.16 bits per heavy atom. The molecule has 0 aliphatic carbocycles. The van der Waals surface area contributed by atoms with E-state index in [0.29, 0.717) is 12.0 Å². The fourth-order valence-electron chi connectivity index (χ4n) is 5.26. The number of nitrogens with one attached hydrogen (secondary N) is 1. The topological polar surface area (TPSA) is 71.6 Å². The first kappa shape index (κ1) is 35.4. The molecule has 0 saturated heterocycles. The molecule has 0 saturated carbocycles. The number of ether oxygens (including phenoxy) is 2. The van der Waals surface area contributed by atoms with Gasteiger partial charge in [0.1, 0.15) is 12.5 Å². The predicted octanol–water partition coefficient (Wildman–Crippen LogP) is 9.10. The Bertz CT molecular complexity index is 1320. The molecule has 4 rings (SSSR count). The average molecular weight is 598 g/mol. The summed E-state index contributed by atoms with van der Waals surface area (Å²) in [5.74, 6) is 0.866. The third kappa shape index (κ3) is 9.35. The van der Waals surface area contributed by atoms with Crippen molar-refractivity contribution >= 4 is 11.6 Å². The van der Waals surface area contributed by atoms with Crippen molar-refractivity contribution in [1.29, 1.82) is 5.41 Å². The van der Waals surface area contributed by atoms with E-state index in [1.165, 1.54) is 31.4 Å². The fraction of sp³-hybridized carbons (Fsp3) is 0.400. The Kier molecular flexibility index (Phi) is 13.8. The maximum atomic E-state index is 13.1. The van der Waals surface area contributed by atoms with Crippen LogP contribution < -0.4 is 15.4 Å². The Morgan fingerprint density at radius 1 is 0.977 bits per heavy atom. The number of alkyl halides is 3. The minimum atomic E-state index is -4.34. The number of benzene rings is 3. The quantitative estimate of drug-likeness (QED) is 0.154. The number of hydrogen-bond donors (Lipinski definition) is 2. The van der Waals surface area contributed by atoms with Gasteiger partial charge in [0.05, 0.1) is 12.7 Å². The van der Waals surface area contributed by atoms with Gasteiger partial charge in [-0.15, -0.1) is 0 Å². The van der Waals surface area contributed by atoms with Crippen molar-refractivity contribution in [3.8, 4) is 5.75 Å².